The highest BCUT2D eigenvalue weighted by Crippen LogP contribution is 2.17. The fourth-order valence-electron chi connectivity index (χ4n) is 3.07. The number of methoxy groups -OCH3 is 1. The van der Waals surface area contributed by atoms with Crippen LogP contribution in [0.1, 0.15) is 47.4 Å². The Balaban J connectivity index is 1.93. The summed E-state index contributed by atoms with van der Waals surface area (Å²) in [5.74, 6) is -0.300. The standard InChI is InChI=1S/C31H34O9/c1-5-10-27(19-20-29(35-4)40-31(34)24-11-15-25(16-12-24)36-7-3)39-30(33)23-13-17-26(18-14-23)37-21-8-9-22-38-28(32)6-2/h5-6,10-20H,2,7-9,21-22H2,1,3-4H3/b10-5-,27-19+,29-20+. The molecule has 0 amide bonds. The van der Waals surface area contributed by atoms with Crippen LogP contribution >= 0.6 is 0 Å². The van der Waals surface area contributed by atoms with Gasteiger partial charge in [-0.15, -0.1) is 0 Å². The van der Waals surface area contributed by atoms with Crippen molar-refractivity contribution >= 4 is 17.9 Å². The third kappa shape index (κ3) is 11.3. The number of unbranched alkanes of at least 4 members (excludes halogenated alkanes) is 1. The molecule has 0 N–H and O–H groups in total. The molecule has 2 aromatic carbocycles. The summed E-state index contributed by atoms with van der Waals surface area (Å²) in [6.45, 7) is 8.23. The Morgan fingerprint density at radius 3 is 1.93 bits per heavy atom. The van der Waals surface area contributed by atoms with E-state index in [9.17, 15) is 14.4 Å². The van der Waals surface area contributed by atoms with E-state index in [0.717, 1.165) is 6.08 Å². The largest absolute Gasteiger partial charge is 0.494 e. The second-order valence-electron chi connectivity index (χ2n) is 7.95. The Bertz CT molecular complexity index is 1210. The normalized spacial score (nSPS) is 11.5. The number of ether oxygens (including phenoxy) is 6. The van der Waals surface area contributed by atoms with Gasteiger partial charge in [0.05, 0.1) is 38.1 Å². The Kier molecular flexibility index (Phi) is 13.9. The number of hydrogen-bond donors (Lipinski definition) is 0. The van der Waals surface area contributed by atoms with Gasteiger partial charge in [0.2, 0.25) is 0 Å². The molecule has 0 fully saturated rings. The molecule has 0 saturated heterocycles. The van der Waals surface area contributed by atoms with Crippen LogP contribution in [-0.4, -0.2) is 44.8 Å². The minimum atomic E-state index is -0.618. The van der Waals surface area contributed by atoms with E-state index >= 15 is 0 Å². The van der Waals surface area contributed by atoms with Crippen LogP contribution in [0.4, 0.5) is 0 Å². The average molecular weight is 551 g/mol. The molecule has 0 bridgehead atoms. The van der Waals surface area contributed by atoms with E-state index in [0.29, 0.717) is 55.3 Å². The zero-order valence-corrected chi connectivity index (χ0v) is 22.9. The molecule has 0 aliphatic rings. The molecule has 0 radical (unpaired) electrons. The van der Waals surface area contributed by atoms with Crippen molar-refractivity contribution < 1.29 is 42.8 Å². The van der Waals surface area contributed by atoms with Crippen molar-refractivity contribution in [3.8, 4) is 11.5 Å². The molecule has 0 heterocycles. The van der Waals surface area contributed by atoms with Gasteiger partial charge in [-0.1, -0.05) is 12.7 Å². The molecule has 212 valence electrons. The number of hydrogen-bond acceptors (Lipinski definition) is 9. The van der Waals surface area contributed by atoms with E-state index in [-0.39, 0.29) is 11.7 Å². The molecule has 0 saturated carbocycles. The van der Waals surface area contributed by atoms with Gasteiger partial charge in [0.1, 0.15) is 17.3 Å². The van der Waals surface area contributed by atoms with Crippen molar-refractivity contribution in [2.24, 2.45) is 0 Å². The van der Waals surface area contributed by atoms with Gasteiger partial charge in [-0.05, 0) is 87.4 Å². The van der Waals surface area contributed by atoms with Crippen molar-refractivity contribution in [2.75, 3.05) is 26.9 Å². The Morgan fingerprint density at radius 2 is 1.38 bits per heavy atom. The molecule has 0 spiro atoms. The van der Waals surface area contributed by atoms with Crippen molar-refractivity contribution in [1.29, 1.82) is 0 Å². The van der Waals surface area contributed by atoms with Gasteiger partial charge < -0.3 is 28.4 Å². The molecule has 9 heteroatoms. The van der Waals surface area contributed by atoms with Gasteiger partial charge in [0.25, 0.3) is 5.95 Å². The van der Waals surface area contributed by atoms with E-state index in [2.05, 4.69) is 6.58 Å². The van der Waals surface area contributed by atoms with E-state index in [1.807, 2.05) is 6.92 Å². The number of benzene rings is 2. The molecular formula is C31H34O9. The highest BCUT2D eigenvalue weighted by atomic mass is 16.7. The molecule has 2 rings (SSSR count). The second-order valence-corrected chi connectivity index (χ2v) is 7.95. The fourth-order valence-corrected chi connectivity index (χ4v) is 3.07. The Labute approximate surface area is 234 Å². The highest BCUT2D eigenvalue weighted by molar-refractivity contribution is 5.91. The molecule has 0 aliphatic heterocycles. The third-order valence-electron chi connectivity index (χ3n) is 5.03. The van der Waals surface area contributed by atoms with Crippen LogP contribution in [0.2, 0.25) is 0 Å². The summed E-state index contributed by atoms with van der Waals surface area (Å²) < 4.78 is 31.9. The first-order valence-electron chi connectivity index (χ1n) is 12.7. The summed E-state index contributed by atoms with van der Waals surface area (Å²) in [6.07, 6.45) is 8.58. The number of carbonyl (C=O) groups excluding carboxylic acids is 3. The van der Waals surface area contributed by atoms with Crippen molar-refractivity contribution in [1.82, 2.24) is 0 Å². The van der Waals surface area contributed by atoms with Gasteiger partial charge in [-0.25, -0.2) is 14.4 Å². The van der Waals surface area contributed by atoms with E-state index in [1.165, 1.54) is 19.3 Å². The average Bonchev–Trinajstić information content (AvgIpc) is 2.97. The lowest BCUT2D eigenvalue weighted by Crippen LogP contribution is -2.07. The van der Waals surface area contributed by atoms with Crippen molar-refractivity contribution in [2.45, 2.75) is 26.7 Å². The topological polar surface area (TPSA) is 107 Å². The summed E-state index contributed by atoms with van der Waals surface area (Å²) >= 11 is 0. The number of allylic oxidation sites excluding steroid dienone is 4. The molecule has 9 nitrogen and oxygen atoms in total. The van der Waals surface area contributed by atoms with Crippen LogP contribution in [0.15, 0.2) is 97.2 Å². The predicted octanol–water partition coefficient (Wildman–Crippen LogP) is 5.94. The van der Waals surface area contributed by atoms with Gasteiger partial charge >= 0.3 is 17.9 Å². The molecule has 0 aliphatic carbocycles. The fraction of sp³-hybridized carbons (Fsp3) is 0.258. The number of carbonyl (C=O) groups is 3. The minimum absolute atomic E-state index is 0.0858. The predicted molar refractivity (Wildman–Crippen MR) is 149 cm³/mol. The molecule has 40 heavy (non-hydrogen) atoms. The smallest absolute Gasteiger partial charge is 0.345 e. The lowest BCUT2D eigenvalue weighted by molar-refractivity contribution is -0.137. The molecule has 0 unspecified atom stereocenters. The molecular weight excluding hydrogens is 516 g/mol. The van der Waals surface area contributed by atoms with Crippen LogP contribution in [0.25, 0.3) is 0 Å². The van der Waals surface area contributed by atoms with Crippen molar-refractivity contribution in [3.05, 3.63) is 108 Å². The van der Waals surface area contributed by atoms with Crippen LogP contribution in [0, 0.1) is 0 Å². The third-order valence-corrected chi connectivity index (χ3v) is 5.03. The summed E-state index contributed by atoms with van der Waals surface area (Å²) in [7, 11) is 1.35. The Hall–Kier alpha value is -4.79. The maximum atomic E-state index is 12.7. The van der Waals surface area contributed by atoms with E-state index in [4.69, 9.17) is 28.4 Å². The number of esters is 3. The first kappa shape index (κ1) is 31.4. The molecule has 0 aromatic heterocycles. The summed E-state index contributed by atoms with van der Waals surface area (Å²) in [5.41, 5.74) is 0.633. The van der Waals surface area contributed by atoms with E-state index in [1.54, 1.807) is 67.6 Å². The maximum absolute atomic E-state index is 12.7. The SMILES string of the molecule is C=CC(=O)OCCCCOc1ccc(C(=O)OC(/C=C\C)=C/C=C(\OC)OC(=O)c2ccc(OCC)cc2)cc1. The second kappa shape index (κ2) is 17.7. The first-order chi connectivity index (χ1) is 19.4. The number of rotatable bonds is 16. The summed E-state index contributed by atoms with van der Waals surface area (Å²) in [4.78, 5) is 36.1. The van der Waals surface area contributed by atoms with Gasteiger partial charge in [-0.3, -0.25) is 0 Å². The molecule has 2 aromatic rings. The van der Waals surface area contributed by atoms with Gasteiger partial charge in [-0.2, -0.15) is 0 Å². The van der Waals surface area contributed by atoms with E-state index < -0.39 is 17.9 Å². The van der Waals surface area contributed by atoms with Crippen molar-refractivity contribution in [3.63, 3.8) is 0 Å². The maximum Gasteiger partial charge on any atom is 0.345 e. The van der Waals surface area contributed by atoms with Gasteiger partial charge in [0.15, 0.2) is 0 Å². The lowest BCUT2D eigenvalue weighted by atomic mass is 10.2. The lowest BCUT2D eigenvalue weighted by Gasteiger charge is -2.09. The quantitative estimate of drug-likeness (QED) is 0.0627. The monoisotopic (exact) mass is 550 g/mol. The zero-order chi connectivity index (χ0) is 29.2. The van der Waals surface area contributed by atoms with Crippen LogP contribution in [0.3, 0.4) is 0 Å². The minimum Gasteiger partial charge on any atom is -0.494 e. The van der Waals surface area contributed by atoms with Gasteiger partial charge in [0, 0.05) is 12.2 Å². The highest BCUT2D eigenvalue weighted by Gasteiger charge is 2.12. The first-order valence-corrected chi connectivity index (χ1v) is 12.7. The zero-order valence-electron chi connectivity index (χ0n) is 22.9. The van der Waals surface area contributed by atoms with Crippen LogP contribution < -0.4 is 9.47 Å². The van der Waals surface area contributed by atoms with Crippen LogP contribution in [-0.2, 0) is 23.7 Å². The molecule has 0 atom stereocenters. The Morgan fingerprint density at radius 1 is 0.800 bits per heavy atom. The summed E-state index contributed by atoms with van der Waals surface area (Å²) in [5, 5.41) is 0. The van der Waals surface area contributed by atoms with Crippen LogP contribution in [0.5, 0.6) is 11.5 Å². The summed E-state index contributed by atoms with van der Waals surface area (Å²) in [6, 6.07) is 13.0.